The van der Waals surface area contributed by atoms with Crippen LogP contribution >= 0.6 is 11.8 Å². The number of benzene rings is 1. The Kier molecular flexibility index (Phi) is 4.64. The van der Waals surface area contributed by atoms with Crippen LogP contribution in [0.4, 0.5) is 0 Å². The number of hydrogen-bond acceptors (Lipinski definition) is 3. The first-order chi connectivity index (χ1) is 8.40. The second kappa shape index (κ2) is 6.47. The fourth-order valence-corrected chi connectivity index (χ4v) is 2.38. The fourth-order valence-electron chi connectivity index (χ4n) is 1.51. The summed E-state index contributed by atoms with van der Waals surface area (Å²) in [6, 6.07) is 10.1. The van der Waals surface area contributed by atoms with E-state index in [1.807, 2.05) is 53.0 Å². The summed E-state index contributed by atoms with van der Waals surface area (Å²) in [5.41, 5.74) is 2.30. The Morgan fingerprint density at radius 1 is 1.24 bits per heavy atom. The number of hydrogen-bond donors (Lipinski definition) is 1. The van der Waals surface area contributed by atoms with Crippen LogP contribution in [-0.2, 0) is 5.75 Å². The molecule has 1 heterocycles. The minimum absolute atomic E-state index is 0.274. The third-order valence-corrected chi connectivity index (χ3v) is 3.49. The van der Waals surface area contributed by atoms with E-state index in [0.29, 0.717) is 0 Å². The molecule has 3 nitrogen and oxygen atoms in total. The highest BCUT2D eigenvalue weighted by Gasteiger charge is 2.00. The molecule has 2 rings (SSSR count). The van der Waals surface area contributed by atoms with Crippen molar-refractivity contribution in [2.24, 2.45) is 0 Å². The summed E-state index contributed by atoms with van der Waals surface area (Å²) in [6.07, 6.45) is 4.82. The van der Waals surface area contributed by atoms with Crippen LogP contribution in [-0.4, -0.2) is 27.2 Å². The maximum absolute atomic E-state index is 8.69. The van der Waals surface area contributed by atoms with Gasteiger partial charge in [-0.25, -0.2) is 4.68 Å². The van der Waals surface area contributed by atoms with Crippen LogP contribution in [0, 0.1) is 0 Å². The van der Waals surface area contributed by atoms with Crippen molar-refractivity contribution in [2.45, 2.75) is 12.2 Å². The molecule has 0 fully saturated rings. The molecule has 0 saturated heterocycles. The molecule has 0 unspecified atom stereocenters. The highest BCUT2D eigenvalue weighted by Crippen LogP contribution is 2.14. The van der Waals surface area contributed by atoms with Gasteiger partial charge in [0.25, 0.3) is 0 Å². The van der Waals surface area contributed by atoms with Crippen molar-refractivity contribution in [2.75, 3.05) is 12.4 Å². The van der Waals surface area contributed by atoms with Gasteiger partial charge in [0.15, 0.2) is 0 Å². The Morgan fingerprint density at radius 2 is 2.06 bits per heavy atom. The first kappa shape index (κ1) is 12.2. The molecular weight excluding hydrogens is 232 g/mol. The van der Waals surface area contributed by atoms with Crippen molar-refractivity contribution in [1.82, 2.24) is 9.78 Å². The third kappa shape index (κ3) is 3.61. The van der Waals surface area contributed by atoms with Gasteiger partial charge in [-0.1, -0.05) is 18.2 Å². The summed E-state index contributed by atoms with van der Waals surface area (Å²) in [5, 5.41) is 13.0. The Morgan fingerprint density at radius 3 is 2.82 bits per heavy atom. The Bertz CT molecular complexity index is 442. The molecule has 2 aromatic rings. The van der Waals surface area contributed by atoms with Crippen molar-refractivity contribution in [3.63, 3.8) is 0 Å². The van der Waals surface area contributed by atoms with Crippen molar-refractivity contribution >= 4 is 11.8 Å². The summed E-state index contributed by atoms with van der Waals surface area (Å²) in [6.45, 7) is 0.274. The quantitative estimate of drug-likeness (QED) is 0.798. The normalized spacial score (nSPS) is 10.6. The smallest absolute Gasteiger partial charge is 0.0645 e. The molecule has 0 aliphatic heterocycles. The predicted octanol–water partition coefficient (Wildman–Crippen LogP) is 2.49. The molecule has 0 saturated carbocycles. The van der Waals surface area contributed by atoms with Crippen LogP contribution < -0.4 is 0 Å². The van der Waals surface area contributed by atoms with Gasteiger partial charge in [-0.15, -0.1) is 0 Å². The van der Waals surface area contributed by atoms with Crippen LogP contribution in [0.1, 0.15) is 12.0 Å². The van der Waals surface area contributed by atoms with Gasteiger partial charge in [-0.2, -0.15) is 16.9 Å². The zero-order valence-corrected chi connectivity index (χ0v) is 10.4. The molecule has 0 spiro atoms. The van der Waals surface area contributed by atoms with Gasteiger partial charge >= 0.3 is 0 Å². The lowest BCUT2D eigenvalue weighted by Gasteiger charge is -1.99. The van der Waals surface area contributed by atoms with E-state index in [4.69, 9.17) is 5.11 Å². The zero-order chi connectivity index (χ0) is 11.9. The lowest BCUT2D eigenvalue weighted by atomic mass is 10.3. The molecule has 1 aromatic carbocycles. The summed E-state index contributed by atoms with van der Waals surface area (Å²) in [4.78, 5) is 0. The van der Waals surface area contributed by atoms with Crippen molar-refractivity contribution in [1.29, 1.82) is 0 Å². The van der Waals surface area contributed by atoms with Gasteiger partial charge in [0.05, 0.1) is 11.9 Å². The molecule has 1 N–H and O–H groups in total. The maximum atomic E-state index is 8.69. The lowest BCUT2D eigenvalue weighted by molar-refractivity contribution is 0.296. The second-order valence-corrected chi connectivity index (χ2v) is 4.86. The highest BCUT2D eigenvalue weighted by atomic mass is 32.2. The van der Waals surface area contributed by atoms with Gasteiger partial charge in [-0.05, 0) is 24.3 Å². The van der Waals surface area contributed by atoms with E-state index >= 15 is 0 Å². The van der Waals surface area contributed by atoms with E-state index in [-0.39, 0.29) is 6.61 Å². The zero-order valence-electron chi connectivity index (χ0n) is 9.62. The van der Waals surface area contributed by atoms with Crippen LogP contribution in [0.5, 0.6) is 0 Å². The summed E-state index contributed by atoms with van der Waals surface area (Å²) in [5.74, 6) is 1.94. The molecular formula is C13H16N2OS. The molecule has 0 aliphatic rings. The maximum Gasteiger partial charge on any atom is 0.0645 e. The summed E-state index contributed by atoms with van der Waals surface area (Å²) < 4.78 is 1.89. The highest BCUT2D eigenvalue weighted by molar-refractivity contribution is 7.98. The molecule has 0 amide bonds. The van der Waals surface area contributed by atoms with Gasteiger partial charge in [0.1, 0.15) is 0 Å². The van der Waals surface area contributed by atoms with E-state index in [1.54, 1.807) is 0 Å². The number of thioether (sulfide) groups is 1. The summed E-state index contributed by atoms with van der Waals surface area (Å²) >= 11 is 1.83. The van der Waals surface area contributed by atoms with Crippen molar-refractivity contribution < 1.29 is 5.11 Å². The van der Waals surface area contributed by atoms with Crippen LogP contribution in [0.3, 0.4) is 0 Å². The Balaban J connectivity index is 1.92. The lowest BCUT2D eigenvalue weighted by Crippen LogP contribution is -1.92. The average Bonchev–Trinajstić information content (AvgIpc) is 2.85. The van der Waals surface area contributed by atoms with E-state index in [1.165, 1.54) is 5.56 Å². The molecule has 1 aromatic heterocycles. The van der Waals surface area contributed by atoms with E-state index in [0.717, 1.165) is 23.6 Å². The third-order valence-electron chi connectivity index (χ3n) is 2.37. The molecule has 0 aliphatic carbocycles. The molecule has 0 radical (unpaired) electrons. The number of para-hydroxylation sites is 1. The Hall–Kier alpha value is -1.26. The topological polar surface area (TPSA) is 38.1 Å². The van der Waals surface area contributed by atoms with Gasteiger partial charge < -0.3 is 5.11 Å². The second-order valence-electron chi connectivity index (χ2n) is 3.76. The molecule has 17 heavy (non-hydrogen) atoms. The number of aliphatic hydroxyl groups excluding tert-OH is 1. The van der Waals surface area contributed by atoms with Crippen LogP contribution in [0.15, 0.2) is 42.7 Å². The Labute approximate surface area is 105 Å². The van der Waals surface area contributed by atoms with Gasteiger partial charge in [-0.3, -0.25) is 0 Å². The molecule has 90 valence electrons. The number of nitrogens with zero attached hydrogens (tertiary/aromatic N) is 2. The SMILES string of the molecule is OCCCSCc1cnn(-c2ccccc2)c1. The number of aliphatic hydroxyl groups is 1. The monoisotopic (exact) mass is 248 g/mol. The first-order valence-corrected chi connectivity index (χ1v) is 6.83. The number of rotatable bonds is 6. The molecule has 4 heteroatoms. The van der Waals surface area contributed by atoms with Gasteiger partial charge in [0.2, 0.25) is 0 Å². The van der Waals surface area contributed by atoms with E-state index in [2.05, 4.69) is 11.3 Å². The van der Waals surface area contributed by atoms with Gasteiger partial charge in [0, 0.05) is 24.1 Å². The van der Waals surface area contributed by atoms with E-state index < -0.39 is 0 Å². The minimum atomic E-state index is 0.274. The fraction of sp³-hybridized carbons (Fsp3) is 0.308. The summed E-state index contributed by atoms with van der Waals surface area (Å²) in [7, 11) is 0. The molecule has 0 bridgehead atoms. The minimum Gasteiger partial charge on any atom is -0.396 e. The van der Waals surface area contributed by atoms with E-state index in [9.17, 15) is 0 Å². The molecule has 0 atom stereocenters. The first-order valence-electron chi connectivity index (χ1n) is 5.68. The predicted molar refractivity (Wildman–Crippen MR) is 71.4 cm³/mol. The van der Waals surface area contributed by atoms with Crippen LogP contribution in [0.2, 0.25) is 0 Å². The standard InChI is InChI=1S/C13H16N2OS/c16-7-4-8-17-11-12-9-14-15(10-12)13-5-2-1-3-6-13/h1-3,5-6,9-10,16H,4,7-8,11H2. The largest absolute Gasteiger partial charge is 0.396 e. The van der Waals surface area contributed by atoms with Crippen molar-refractivity contribution in [3.05, 3.63) is 48.3 Å². The average molecular weight is 248 g/mol. The number of aromatic nitrogens is 2. The van der Waals surface area contributed by atoms with Crippen molar-refractivity contribution in [3.8, 4) is 5.69 Å². The van der Waals surface area contributed by atoms with Crippen LogP contribution in [0.25, 0.3) is 5.69 Å².